The van der Waals surface area contributed by atoms with E-state index in [9.17, 15) is 4.79 Å². The first-order chi connectivity index (χ1) is 7.28. The summed E-state index contributed by atoms with van der Waals surface area (Å²) in [6, 6.07) is 0.296. The number of nitrogens with two attached hydrogens (primary N) is 1. The van der Waals surface area contributed by atoms with Gasteiger partial charge in [0.25, 0.3) is 0 Å². The average Bonchev–Trinajstić information content (AvgIpc) is 2.57. The van der Waals surface area contributed by atoms with E-state index >= 15 is 0 Å². The fraction of sp³-hybridized carbons (Fsp3) is 0.923. The lowest BCUT2D eigenvalue weighted by molar-refractivity contribution is -0.134. The van der Waals surface area contributed by atoms with Crippen LogP contribution in [0, 0.1) is 16.7 Å². The zero-order chi connectivity index (χ0) is 12.1. The van der Waals surface area contributed by atoms with Crippen molar-refractivity contribution >= 4 is 5.91 Å². The predicted octanol–water partition coefficient (Wildman–Crippen LogP) is 1.62. The molecule has 2 aliphatic rings. The summed E-state index contributed by atoms with van der Waals surface area (Å²) in [7, 11) is 0. The molecule has 1 heterocycles. The van der Waals surface area contributed by atoms with E-state index in [1.807, 2.05) is 4.90 Å². The van der Waals surface area contributed by atoms with Gasteiger partial charge in [0.2, 0.25) is 5.91 Å². The summed E-state index contributed by atoms with van der Waals surface area (Å²) in [6.07, 6.45) is 1.92. The molecule has 0 atom stereocenters. The normalized spacial score (nSPS) is 29.2. The molecule has 1 aliphatic heterocycles. The quantitative estimate of drug-likeness (QED) is 0.735. The highest BCUT2D eigenvalue weighted by molar-refractivity contribution is 5.84. The number of hydrogen-bond acceptors (Lipinski definition) is 2. The molecule has 92 valence electrons. The fourth-order valence-electron chi connectivity index (χ4n) is 3.12. The number of piperidine rings is 1. The zero-order valence-corrected chi connectivity index (χ0v) is 10.9. The number of amides is 1. The topological polar surface area (TPSA) is 46.3 Å². The van der Waals surface area contributed by atoms with E-state index in [0.29, 0.717) is 11.9 Å². The third kappa shape index (κ3) is 1.56. The largest absolute Gasteiger partial charge is 0.342 e. The van der Waals surface area contributed by atoms with Gasteiger partial charge in [-0.25, -0.2) is 0 Å². The second kappa shape index (κ2) is 3.46. The van der Waals surface area contributed by atoms with Gasteiger partial charge in [0, 0.05) is 25.0 Å². The first-order valence-electron chi connectivity index (χ1n) is 6.33. The first kappa shape index (κ1) is 11.9. The van der Waals surface area contributed by atoms with Crippen molar-refractivity contribution in [2.45, 2.75) is 46.6 Å². The Balaban J connectivity index is 2.00. The molecule has 1 saturated heterocycles. The minimum absolute atomic E-state index is 0.156. The number of carbonyl (C=O) groups excluding carboxylic acids is 1. The minimum atomic E-state index is 0.156. The molecule has 0 bridgehead atoms. The lowest BCUT2D eigenvalue weighted by Crippen LogP contribution is -2.44. The maximum absolute atomic E-state index is 12.4. The molecule has 0 radical (unpaired) electrons. The highest BCUT2D eigenvalue weighted by Crippen LogP contribution is 2.68. The maximum Gasteiger partial charge on any atom is 0.226 e. The van der Waals surface area contributed by atoms with Gasteiger partial charge in [-0.2, -0.15) is 0 Å². The Labute approximate surface area is 98.4 Å². The van der Waals surface area contributed by atoms with E-state index in [1.54, 1.807) is 0 Å². The summed E-state index contributed by atoms with van der Waals surface area (Å²) >= 11 is 0. The highest BCUT2D eigenvalue weighted by Gasteiger charge is 2.68. The molecule has 0 aromatic carbocycles. The van der Waals surface area contributed by atoms with Crippen molar-refractivity contribution in [1.29, 1.82) is 0 Å². The van der Waals surface area contributed by atoms with Crippen LogP contribution >= 0.6 is 0 Å². The maximum atomic E-state index is 12.4. The van der Waals surface area contributed by atoms with Gasteiger partial charge >= 0.3 is 0 Å². The van der Waals surface area contributed by atoms with Crippen molar-refractivity contribution < 1.29 is 4.79 Å². The number of nitrogens with zero attached hydrogens (tertiary/aromatic N) is 1. The Bertz CT molecular complexity index is 287. The van der Waals surface area contributed by atoms with Crippen LogP contribution in [0.1, 0.15) is 40.5 Å². The summed E-state index contributed by atoms with van der Waals surface area (Å²) in [5.74, 6) is 0.552. The average molecular weight is 224 g/mol. The Morgan fingerprint density at radius 3 is 1.94 bits per heavy atom. The van der Waals surface area contributed by atoms with Crippen molar-refractivity contribution in [2.24, 2.45) is 22.5 Å². The van der Waals surface area contributed by atoms with E-state index in [4.69, 9.17) is 5.73 Å². The molecular weight excluding hydrogens is 200 g/mol. The van der Waals surface area contributed by atoms with Crippen molar-refractivity contribution in [3.8, 4) is 0 Å². The Morgan fingerprint density at radius 1 is 1.12 bits per heavy atom. The summed E-state index contributed by atoms with van der Waals surface area (Å²) in [5, 5.41) is 0. The molecule has 0 aromatic heterocycles. The van der Waals surface area contributed by atoms with E-state index < -0.39 is 0 Å². The summed E-state index contributed by atoms with van der Waals surface area (Å²) < 4.78 is 0. The second-order valence-electron chi connectivity index (χ2n) is 6.54. The third-order valence-electron chi connectivity index (χ3n) is 5.12. The van der Waals surface area contributed by atoms with Crippen LogP contribution in [0.15, 0.2) is 0 Å². The molecule has 1 amide bonds. The van der Waals surface area contributed by atoms with Crippen LogP contribution in [0.2, 0.25) is 0 Å². The van der Waals surface area contributed by atoms with Gasteiger partial charge in [-0.05, 0) is 23.7 Å². The predicted molar refractivity (Wildman–Crippen MR) is 64.8 cm³/mol. The SMILES string of the molecule is CC1(C)C(C(=O)N2CCC(N)CC2)C1(C)C. The van der Waals surface area contributed by atoms with Crippen LogP contribution in [0.3, 0.4) is 0 Å². The van der Waals surface area contributed by atoms with Crippen molar-refractivity contribution in [2.75, 3.05) is 13.1 Å². The smallest absolute Gasteiger partial charge is 0.226 e. The second-order valence-corrected chi connectivity index (χ2v) is 6.54. The lowest BCUT2D eigenvalue weighted by Gasteiger charge is -2.31. The molecule has 0 spiro atoms. The lowest BCUT2D eigenvalue weighted by atomic mass is 10.0. The summed E-state index contributed by atoms with van der Waals surface area (Å²) in [6.45, 7) is 10.5. The van der Waals surface area contributed by atoms with E-state index in [-0.39, 0.29) is 16.7 Å². The van der Waals surface area contributed by atoms with Crippen LogP contribution < -0.4 is 5.73 Å². The molecule has 2 rings (SSSR count). The molecule has 16 heavy (non-hydrogen) atoms. The Hall–Kier alpha value is -0.570. The molecular formula is C13H24N2O. The minimum Gasteiger partial charge on any atom is -0.342 e. The highest BCUT2D eigenvalue weighted by atomic mass is 16.2. The molecule has 1 aliphatic carbocycles. The van der Waals surface area contributed by atoms with Gasteiger partial charge in [0.1, 0.15) is 0 Å². The van der Waals surface area contributed by atoms with Gasteiger partial charge in [-0.1, -0.05) is 27.7 Å². The number of likely N-dealkylation sites (tertiary alicyclic amines) is 1. The van der Waals surface area contributed by atoms with Gasteiger partial charge in [0.05, 0.1) is 0 Å². The van der Waals surface area contributed by atoms with Crippen LogP contribution in [0.4, 0.5) is 0 Å². The summed E-state index contributed by atoms with van der Waals surface area (Å²) in [5.41, 5.74) is 6.17. The fourth-order valence-corrected chi connectivity index (χ4v) is 3.12. The van der Waals surface area contributed by atoms with E-state index in [1.165, 1.54) is 0 Å². The number of carbonyl (C=O) groups is 1. The Kier molecular flexibility index (Phi) is 2.57. The molecule has 2 fully saturated rings. The molecule has 1 saturated carbocycles. The molecule has 3 nitrogen and oxygen atoms in total. The van der Waals surface area contributed by atoms with E-state index in [0.717, 1.165) is 25.9 Å². The van der Waals surface area contributed by atoms with Crippen molar-refractivity contribution in [3.05, 3.63) is 0 Å². The van der Waals surface area contributed by atoms with Crippen molar-refractivity contribution in [1.82, 2.24) is 4.90 Å². The summed E-state index contributed by atoms with van der Waals surface area (Å²) in [4.78, 5) is 14.4. The number of rotatable bonds is 1. The van der Waals surface area contributed by atoms with Crippen LogP contribution in [0.5, 0.6) is 0 Å². The molecule has 2 N–H and O–H groups in total. The first-order valence-corrected chi connectivity index (χ1v) is 6.33. The standard InChI is InChI=1S/C13H24N2O/c1-12(2)10(13(12,3)4)11(16)15-7-5-9(14)6-8-15/h9-10H,5-8,14H2,1-4H3. The van der Waals surface area contributed by atoms with Gasteiger partial charge < -0.3 is 10.6 Å². The Morgan fingerprint density at radius 2 is 1.56 bits per heavy atom. The van der Waals surface area contributed by atoms with Gasteiger partial charge in [-0.15, -0.1) is 0 Å². The van der Waals surface area contributed by atoms with Crippen LogP contribution in [-0.4, -0.2) is 29.9 Å². The molecule has 0 aromatic rings. The van der Waals surface area contributed by atoms with Gasteiger partial charge in [-0.3, -0.25) is 4.79 Å². The van der Waals surface area contributed by atoms with Crippen molar-refractivity contribution in [3.63, 3.8) is 0 Å². The van der Waals surface area contributed by atoms with Crippen LogP contribution in [0.25, 0.3) is 0 Å². The molecule has 0 unspecified atom stereocenters. The third-order valence-corrected chi connectivity index (χ3v) is 5.12. The monoisotopic (exact) mass is 224 g/mol. The van der Waals surface area contributed by atoms with Gasteiger partial charge in [0.15, 0.2) is 0 Å². The zero-order valence-electron chi connectivity index (χ0n) is 10.9. The van der Waals surface area contributed by atoms with Crippen LogP contribution in [-0.2, 0) is 4.79 Å². The van der Waals surface area contributed by atoms with E-state index in [2.05, 4.69) is 27.7 Å². The number of hydrogen-bond donors (Lipinski definition) is 1. The molecule has 3 heteroatoms.